The molecule has 2 unspecified atom stereocenters. The lowest BCUT2D eigenvalue weighted by molar-refractivity contribution is -0.274. The number of rotatable bonds is 4. The van der Waals surface area contributed by atoms with E-state index in [1.165, 1.54) is 12.1 Å². The maximum atomic E-state index is 12.2. The van der Waals surface area contributed by atoms with Gasteiger partial charge in [-0.2, -0.15) is 11.8 Å². The van der Waals surface area contributed by atoms with Crippen LogP contribution in [0.3, 0.4) is 0 Å². The molecule has 0 spiro atoms. The lowest BCUT2D eigenvalue weighted by Crippen LogP contribution is -2.36. The van der Waals surface area contributed by atoms with E-state index in [0.29, 0.717) is 6.61 Å². The summed E-state index contributed by atoms with van der Waals surface area (Å²) >= 11 is 1.78. The fraction of sp³-hybridized carbons (Fsp3) is 0.538. The Morgan fingerprint density at radius 2 is 2.25 bits per heavy atom. The van der Waals surface area contributed by atoms with Crippen LogP contribution in [0.25, 0.3) is 0 Å². The average molecular weight is 307 g/mol. The summed E-state index contributed by atoms with van der Waals surface area (Å²) in [5.41, 5.74) is 0.724. The van der Waals surface area contributed by atoms with Crippen LogP contribution in [0.5, 0.6) is 5.75 Å². The number of nitrogens with one attached hydrogen (secondary N) is 1. The molecule has 7 heteroatoms. The molecule has 2 rings (SSSR count). The van der Waals surface area contributed by atoms with Gasteiger partial charge in [-0.25, -0.2) is 0 Å². The molecule has 0 saturated carbocycles. The lowest BCUT2D eigenvalue weighted by atomic mass is 10.0. The molecule has 1 aliphatic heterocycles. The van der Waals surface area contributed by atoms with Crippen molar-refractivity contribution in [1.82, 2.24) is 5.32 Å². The Labute approximate surface area is 119 Å². The van der Waals surface area contributed by atoms with Gasteiger partial charge in [0.1, 0.15) is 5.75 Å². The van der Waals surface area contributed by atoms with Crippen molar-refractivity contribution in [3.8, 4) is 5.75 Å². The number of benzene rings is 1. The first-order chi connectivity index (χ1) is 9.49. The van der Waals surface area contributed by atoms with E-state index < -0.39 is 6.36 Å². The van der Waals surface area contributed by atoms with Gasteiger partial charge in [0.2, 0.25) is 0 Å². The topological polar surface area (TPSA) is 30.5 Å². The van der Waals surface area contributed by atoms with Crippen molar-refractivity contribution in [1.29, 1.82) is 0 Å². The van der Waals surface area contributed by atoms with Crippen LogP contribution < -0.4 is 10.1 Å². The van der Waals surface area contributed by atoms with E-state index in [1.54, 1.807) is 30.9 Å². The number of alkyl halides is 3. The van der Waals surface area contributed by atoms with Gasteiger partial charge in [0.15, 0.2) is 0 Å². The summed E-state index contributed by atoms with van der Waals surface area (Å²) in [5, 5.41) is 3.10. The van der Waals surface area contributed by atoms with E-state index in [2.05, 4.69) is 10.1 Å². The van der Waals surface area contributed by atoms with Crippen molar-refractivity contribution >= 4 is 11.8 Å². The van der Waals surface area contributed by atoms with E-state index in [1.807, 2.05) is 0 Å². The van der Waals surface area contributed by atoms with E-state index >= 15 is 0 Å². The van der Waals surface area contributed by atoms with Crippen molar-refractivity contribution in [3.05, 3.63) is 29.8 Å². The lowest BCUT2D eigenvalue weighted by Gasteiger charge is -2.30. The highest BCUT2D eigenvalue weighted by atomic mass is 32.2. The molecule has 0 aromatic heterocycles. The quantitative estimate of drug-likeness (QED) is 0.926. The zero-order chi connectivity index (χ0) is 14.6. The third kappa shape index (κ3) is 4.29. The van der Waals surface area contributed by atoms with E-state index in [9.17, 15) is 13.2 Å². The molecule has 1 N–H and O–H groups in total. The molecule has 20 heavy (non-hydrogen) atoms. The Bertz CT molecular complexity index is 436. The summed E-state index contributed by atoms with van der Waals surface area (Å²) in [7, 11) is 1.77. The normalized spacial score (nSPS) is 21.5. The second-order valence-electron chi connectivity index (χ2n) is 4.37. The molecule has 1 aromatic carbocycles. The van der Waals surface area contributed by atoms with Crippen molar-refractivity contribution in [2.45, 2.75) is 18.5 Å². The largest absolute Gasteiger partial charge is 0.573 e. The van der Waals surface area contributed by atoms with Gasteiger partial charge in [-0.1, -0.05) is 12.1 Å². The Hall–Kier alpha value is -0.920. The van der Waals surface area contributed by atoms with E-state index in [0.717, 1.165) is 17.1 Å². The monoisotopic (exact) mass is 307 g/mol. The average Bonchev–Trinajstić information content (AvgIpc) is 2.39. The van der Waals surface area contributed by atoms with Crippen molar-refractivity contribution in [3.63, 3.8) is 0 Å². The molecule has 1 fully saturated rings. The number of hydrogen-bond acceptors (Lipinski definition) is 4. The van der Waals surface area contributed by atoms with Crippen LogP contribution in [-0.4, -0.2) is 37.6 Å². The fourth-order valence-electron chi connectivity index (χ4n) is 2.17. The van der Waals surface area contributed by atoms with Gasteiger partial charge in [0.25, 0.3) is 0 Å². The molecule has 3 nitrogen and oxygen atoms in total. The predicted octanol–water partition coefficient (Wildman–Crippen LogP) is 2.98. The van der Waals surface area contributed by atoms with Gasteiger partial charge in [-0.15, -0.1) is 13.2 Å². The Balaban J connectivity index is 2.14. The molecule has 1 aromatic rings. The first-order valence-electron chi connectivity index (χ1n) is 6.22. The number of halogens is 3. The minimum atomic E-state index is -4.68. The molecule has 0 radical (unpaired) electrons. The molecule has 1 heterocycles. The molecular formula is C13H16F3NO2S. The molecule has 2 atom stereocenters. The van der Waals surface area contributed by atoms with Gasteiger partial charge < -0.3 is 14.8 Å². The molecular weight excluding hydrogens is 291 g/mol. The third-order valence-electron chi connectivity index (χ3n) is 2.98. The van der Waals surface area contributed by atoms with Gasteiger partial charge in [0.05, 0.1) is 18.8 Å². The van der Waals surface area contributed by atoms with Crippen molar-refractivity contribution in [2.75, 3.05) is 25.2 Å². The second-order valence-corrected chi connectivity index (χ2v) is 5.52. The van der Waals surface area contributed by atoms with Crippen LogP contribution in [0.2, 0.25) is 0 Å². The van der Waals surface area contributed by atoms with Crippen LogP contribution >= 0.6 is 11.8 Å². The Kier molecular flexibility index (Phi) is 5.17. The molecule has 0 bridgehead atoms. The molecule has 112 valence electrons. The van der Waals surface area contributed by atoms with Crippen LogP contribution in [0.15, 0.2) is 24.3 Å². The summed E-state index contributed by atoms with van der Waals surface area (Å²) in [4.78, 5) is 0. The maximum Gasteiger partial charge on any atom is 0.573 e. The Morgan fingerprint density at radius 3 is 2.85 bits per heavy atom. The van der Waals surface area contributed by atoms with E-state index in [4.69, 9.17) is 4.74 Å². The fourth-order valence-corrected chi connectivity index (χ4v) is 3.07. The highest BCUT2D eigenvalue weighted by Crippen LogP contribution is 2.29. The molecule has 0 aliphatic carbocycles. The summed E-state index contributed by atoms with van der Waals surface area (Å²) in [6.07, 6.45) is -4.73. The Morgan fingerprint density at radius 1 is 1.45 bits per heavy atom. The highest BCUT2D eigenvalue weighted by molar-refractivity contribution is 7.99. The molecule has 1 saturated heterocycles. The number of likely N-dealkylation sites (N-methyl/N-ethyl adjacent to an activating group) is 1. The van der Waals surface area contributed by atoms with E-state index in [-0.39, 0.29) is 17.9 Å². The van der Waals surface area contributed by atoms with Gasteiger partial charge in [-0.3, -0.25) is 0 Å². The minimum absolute atomic E-state index is 0.0557. The second kappa shape index (κ2) is 6.69. The minimum Gasteiger partial charge on any atom is -0.406 e. The zero-order valence-electron chi connectivity index (χ0n) is 10.9. The standard InChI is InChI=1S/C13H16F3NO2S/c1-17-12(11-8-20-6-5-18-11)9-3-2-4-10(7-9)19-13(14,15)16/h2-4,7,11-12,17H,5-6,8H2,1H3. The molecule has 0 amide bonds. The zero-order valence-corrected chi connectivity index (χ0v) is 11.8. The number of thioether (sulfide) groups is 1. The maximum absolute atomic E-state index is 12.2. The smallest absolute Gasteiger partial charge is 0.406 e. The van der Waals surface area contributed by atoms with Crippen molar-refractivity contribution < 1.29 is 22.6 Å². The first kappa shape index (κ1) is 15.5. The van der Waals surface area contributed by atoms with Gasteiger partial charge >= 0.3 is 6.36 Å². The molecule has 1 aliphatic rings. The first-order valence-corrected chi connectivity index (χ1v) is 7.37. The predicted molar refractivity (Wildman–Crippen MR) is 72.0 cm³/mol. The number of hydrogen-bond donors (Lipinski definition) is 1. The summed E-state index contributed by atoms with van der Waals surface area (Å²) in [6, 6.07) is 5.86. The SMILES string of the molecule is CNC(c1cccc(OC(F)(F)F)c1)C1CSCCO1. The van der Waals surface area contributed by atoms with Crippen LogP contribution in [0, 0.1) is 0 Å². The van der Waals surface area contributed by atoms with Crippen LogP contribution in [-0.2, 0) is 4.74 Å². The number of ether oxygens (including phenoxy) is 2. The van der Waals surface area contributed by atoms with Crippen LogP contribution in [0.4, 0.5) is 13.2 Å². The third-order valence-corrected chi connectivity index (χ3v) is 3.99. The van der Waals surface area contributed by atoms with Crippen molar-refractivity contribution in [2.24, 2.45) is 0 Å². The van der Waals surface area contributed by atoms with Gasteiger partial charge in [0, 0.05) is 11.5 Å². The summed E-state index contributed by atoms with van der Waals surface area (Å²) in [5.74, 6) is 1.55. The van der Waals surface area contributed by atoms with Crippen LogP contribution in [0.1, 0.15) is 11.6 Å². The summed E-state index contributed by atoms with van der Waals surface area (Å²) < 4.78 is 46.4. The highest BCUT2D eigenvalue weighted by Gasteiger charge is 2.32. The van der Waals surface area contributed by atoms with Gasteiger partial charge in [-0.05, 0) is 24.7 Å². The summed E-state index contributed by atoms with van der Waals surface area (Å²) in [6.45, 7) is 0.659.